The maximum Gasteiger partial charge on any atom is 0.534 e. The molecule has 0 unspecified atom stereocenters. The van der Waals surface area contributed by atoms with Crippen molar-refractivity contribution < 1.29 is 25.8 Å². The van der Waals surface area contributed by atoms with Crippen molar-refractivity contribution in [1.82, 2.24) is 15.0 Å². The van der Waals surface area contributed by atoms with Gasteiger partial charge in [-0.25, -0.2) is 0 Å². The van der Waals surface area contributed by atoms with E-state index in [9.17, 15) is 21.6 Å². The molecular formula is C58H42F3N3O3S. The lowest BCUT2D eigenvalue weighted by atomic mass is 9.85. The summed E-state index contributed by atoms with van der Waals surface area (Å²) in [5.41, 5.74) is 8.33. The molecule has 9 aromatic rings. The molecule has 6 aromatic carbocycles. The number of benzene rings is 6. The van der Waals surface area contributed by atoms with Crippen LogP contribution < -0.4 is 4.18 Å². The molecule has 0 saturated carbocycles. The zero-order valence-electron chi connectivity index (χ0n) is 36.9. The van der Waals surface area contributed by atoms with E-state index in [1.165, 1.54) is 6.07 Å². The zero-order chi connectivity index (χ0) is 47.3. The number of pyridine rings is 3. The first-order valence-electron chi connectivity index (χ1n) is 21.8. The smallest absolute Gasteiger partial charge is 0.375 e. The fourth-order valence-electron chi connectivity index (χ4n) is 8.38. The Morgan fingerprint density at radius 2 is 0.824 bits per heavy atom. The highest BCUT2D eigenvalue weighted by molar-refractivity contribution is 7.88. The van der Waals surface area contributed by atoms with Crippen LogP contribution in [0.3, 0.4) is 0 Å². The molecule has 6 nitrogen and oxygen atoms in total. The molecule has 0 saturated heterocycles. The van der Waals surface area contributed by atoms with Crippen LogP contribution in [0.1, 0.15) is 25.0 Å². The highest BCUT2D eigenvalue weighted by Crippen LogP contribution is 2.44. The van der Waals surface area contributed by atoms with Crippen molar-refractivity contribution in [2.45, 2.75) is 19.4 Å². The van der Waals surface area contributed by atoms with Crippen LogP contribution in [0.2, 0.25) is 0 Å². The molecule has 10 heteroatoms. The van der Waals surface area contributed by atoms with E-state index in [-0.39, 0.29) is 5.56 Å². The van der Waals surface area contributed by atoms with Gasteiger partial charge in [0.05, 0.1) is 17.1 Å². The Morgan fingerprint density at radius 1 is 0.441 bits per heavy atom. The van der Waals surface area contributed by atoms with Gasteiger partial charge in [0.2, 0.25) is 0 Å². The maximum atomic E-state index is 14.0. The van der Waals surface area contributed by atoms with E-state index in [4.69, 9.17) is 4.18 Å². The van der Waals surface area contributed by atoms with Gasteiger partial charge in [0.1, 0.15) is 0 Å². The summed E-state index contributed by atoms with van der Waals surface area (Å²) in [5.74, 6) is -0.492. The second-order valence-corrected chi connectivity index (χ2v) is 17.3. The number of allylic oxidation sites excluding steroid dienone is 4. The van der Waals surface area contributed by atoms with E-state index in [0.29, 0.717) is 22.4 Å². The summed E-state index contributed by atoms with van der Waals surface area (Å²) in [6, 6.07) is 60.4. The Labute approximate surface area is 393 Å². The topological polar surface area (TPSA) is 82.0 Å². The first-order valence-corrected chi connectivity index (χ1v) is 23.2. The van der Waals surface area contributed by atoms with Crippen molar-refractivity contribution in [2.24, 2.45) is 0 Å². The Bertz CT molecular complexity index is 3270. The third kappa shape index (κ3) is 9.40. The molecule has 334 valence electrons. The first-order chi connectivity index (χ1) is 33.0. The van der Waals surface area contributed by atoms with Gasteiger partial charge in [-0.05, 0) is 142 Å². The van der Waals surface area contributed by atoms with Gasteiger partial charge < -0.3 is 4.18 Å². The van der Waals surface area contributed by atoms with Crippen LogP contribution in [0.25, 0.3) is 89.4 Å². The lowest BCUT2D eigenvalue weighted by Crippen LogP contribution is -2.28. The summed E-state index contributed by atoms with van der Waals surface area (Å²) in [6.45, 7) is 3.60. The average Bonchev–Trinajstić information content (AvgIpc) is 3.38. The summed E-state index contributed by atoms with van der Waals surface area (Å²) in [6.07, 6.45) is 8.70. The first kappa shape index (κ1) is 45.0. The van der Waals surface area contributed by atoms with Gasteiger partial charge in [-0.2, -0.15) is 21.6 Å². The fraction of sp³-hybridized carbons (Fsp3) is 0.0517. The maximum absolute atomic E-state index is 14.0. The molecule has 0 N–H and O–H groups in total. The predicted octanol–water partition coefficient (Wildman–Crippen LogP) is 15.3. The Hall–Kier alpha value is -8.21. The van der Waals surface area contributed by atoms with Crippen LogP contribution in [0.5, 0.6) is 5.75 Å². The van der Waals surface area contributed by atoms with E-state index in [0.717, 1.165) is 72.6 Å². The van der Waals surface area contributed by atoms with Gasteiger partial charge in [0.15, 0.2) is 5.75 Å². The van der Waals surface area contributed by atoms with Crippen molar-refractivity contribution in [3.63, 3.8) is 0 Å². The number of halogens is 3. The SMILES string of the molecule is C/C=C(\C(=C/C)c1ccc(-c2ccccn2)cc1OS(=O)(=O)C(F)(F)F)c1cc(-c2ccccc2-c2ccc(-c3ccccn3)cc2)cc(-c2ccccc2-c2ccc(-c3ccccn3)cc2)c1. The van der Waals surface area contributed by atoms with Crippen LogP contribution in [0, 0.1) is 0 Å². The van der Waals surface area contributed by atoms with Gasteiger partial charge >= 0.3 is 15.6 Å². The summed E-state index contributed by atoms with van der Waals surface area (Å²) in [5, 5.41) is 0. The molecule has 68 heavy (non-hydrogen) atoms. The highest BCUT2D eigenvalue weighted by atomic mass is 32.2. The van der Waals surface area contributed by atoms with Gasteiger partial charge in [-0.15, -0.1) is 0 Å². The summed E-state index contributed by atoms with van der Waals surface area (Å²) in [7, 11) is -6.07. The van der Waals surface area contributed by atoms with Crippen LogP contribution >= 0.6 is 0 Å². The monoisotopic (exact) mass is 917 g/mol. The second kappa shape index (κ2) is 19.3. The lowest BCUT2D eigenvalue weighted by molar-refractivity contribution is -0.0500. The van der Waals surface area contributed by atoms with Crippen LogP contribution in [0.4, 0.5) is 13.2 Å². The van der Waals surface area contributed by atoms with Gasteiger partial charge in [-0.1, -0.05) is 133 Å². The molecule has 3 heterocycles. The molecule has 0 aliphatic heterocycles. The summed E-state index contributed by atoms with van der Waals surface area (Å²) < 4.78 is 72.5. The minimum atomic E-state index is -6.07. The normalized spacial score (nSPS) is 12.2. The molecule has 0 amide bonds. The van der Waals surface area contributed by atoms with Crippen molar-refractivity contribution in [3.8, 4) is 84.0 Å². The van der Waals surface area contributed by atoms with E-state index >= 15 is 0 Å². The van der Waals surface area contributed by atoms with Gasteiger partial charge in [-0.3, -0.25) is 15.0 Å². The second-order valence-electron chi connectivity index (χ2n) is 15.8. The minimum Gasteiger partial charge on any atom is -0.375 e. The van der Waals surface area contributed by atoms with Crippen molar-refractivity contribution in [2.75, 3.05) is 0 Å². The summed E-state index contributed by atoms with van der Waals surface area (Å²) in [4.78, 5) is 13.4. The third-order valence-electron chi connectivity index (χ3n) is 11.6. The largest absolute Gasteiger partial charge is 0.534 e. The fourth-order valence-corrected chi connectivity index (χ4v) is 8.85. The molecule has 0 fully saturated rings. The van der Waals surface area contributed by atoms with Crippen molar-refractivity contribution in [1.29, 1.82) is 0 Å². The van der Waals surface area contributed by atoms with Crippen LogP contribution in [0.15, 0.2) is 219 Å². The molecule has 0 bridgehead atoms. The number of rotatable bonds is 12. The molecule has 9 rings (SSSR count). The Balaban J connectivity index is 1.22. The molecule has 0 radical (unpaired) electrons. The molecular weight excluding hydrogens is 876 g/mol. The van der Waals surface area contributed by atoms with Gasteiger partial charge in [0, 0.05) is 40.8 Å². The number of nitrogens with zero attached hydrogens (tertiary/aromatic N) is 3. The predicted molar refractivity (Wildman–Crippen MR) is 267 cm³/mol. The summed E-state index contributed by atoms with van der Waals surface area (Å²) >= 11 is 0. The average molecular weight is 918 g/mol. The zero-order valence-corrected chi connectivity index (χ0v) is 37.7. The standard InChI is InChI=1S/C58H42F3N3O3S/c1-3-47(48(4-2)53-31-30-43(56-21-11-14-34-64-56)38-57(53)67-68(65,66)58(59,60)61)44-35-45(51-17-7-5-15-49(51)39-22-26-41(27-23-39)54-19-9-12-32-62-54)37-46(36-44)52-18-8-6-16-50(52)40-24-28-42(29-25-40)55-20-10-13-33-63-55/h3-38H,1-2H3/b47-3-,48-4+. The molecule has 3 aromatic heterocycles. The minimum absolute atomic E-state index is 0.141. The molecule has 0 atom stereocenters. The molecule has 0 spiro atoms. The van der Waals surface area contributed by atoms with E-state index < -0.39 is 21.4 Å². The Morgan fingerprint density at radius 3 is 1.22 bits per heavy atom. The number of alkyl halides is 3. The highest BCUT2D eigenvalue weighted by Gasteiger charge is 2.49. The third-order valence-corrected chi connectivity index (χ3v) is 12.6. The number of aromatic nitrogens is 3. The van der Waals surface area contributed by atoms with Crippen LogP contribution in [-0.2, 0) is 10.1 Å². The number of hydrogen-bond donors (Lipinski definition) is 0. The van der Waals surface area contributed by atoms with Crippen LogP contribution in [-0.4, -0.2) is 28.9 Å². The van der Waals surface area contributed by atoms with Crippen molar-refractivity contribution in [3.05, 3.63) is 230 Å². The quantitative estimate of drug-likeness (QED) is 0.0690. The molecule has 0 aliphatic carbocycles. The van der Waals surface area contributed by atoms with Gasteiger partial charge in [0.25, 0.3) is 0 Å². The van der Waals surface area contributed by atoms with E-state index in [2.05, 4.69) is 106 Å². The Kier molecular flexibility index (Phi) is 12.8. The van der Waals surface area contributed by atoms with E-state index in [1.807, 2.05) is 73.7 Å². The number of hydrogen-bond acceptors (Lipinski definition) is 6. The lowest BCUT2D eigenvalue weighted by Gasteiger charge is -2.21. The van der Waals surface area contributed by atoms with E-state index in [1.54, 1.807) is 61.9 Å². The van der Waals surface area contributed by atoms with Crippen molar-refractivity contribution >= 4 is 21.3 Å². The molecule has 0 aliphatic rings.